The monoisotopic (exact) mass is 265 g/mol. The summed E-state index contributed by atoms with van der Waals surface area (Å²) in [6.45, 7) is 10.5. The van der Waals surface area contributed by atoms with Gasteiger partial charge in [-0.25, -0.2) is 9.97 Å². The van der Waals surface area contributed by atoms with Gasteiger partial charge in [-0.15, -0.1) is 0 Å². The van der Waals surface area contributed by atoms with Crippen LogP contribution in [0, 0.1) is 6.92 Å². The number of hydrogen-bond donors (Lipinski definition) is 1. The average molecular weight is 265 g/mol. The topological polar surface area (TPSA) is 58.5 Å². The maximum Gasteiger partial charge on any atom is 0.158 e. The zero-order chi connectivity index (χ0) is 14.0. The van der Waals surface area contributed by atoms with Gasteiger partial charge in [-0.3, -0.25) is 4.90 Å². The lowest BCUT2D eigenvalue weighted by molar-refractivity contribution is -0.0444. The Morgan fingerprint density at radius 2 is 2.16 bits per heavy atom. The molecule has 2 atom stereocenters. The molecule has 1 aliphatic heterocycles. The van der Waals surface area contributed by atoms with Crippen molar-refractivity contribution in [2.75, 3.05) is 19.7 Å². The molecule has 1 fully saturated rings. The van der Waals surface area contributed by atoms with Crippen molar-refractivity contribution in [3.05, 3.63) is 23.3 Å². The standard InChI is InChI=1S/C14H23N3O2/c1-9(2)17-5-6-19-13(8-17)14-15-7-12(11(4)18)10(3)16-14/h7,9,11,13,18H,5-6,8H2,1-4H3/t11-,13?/m1/s1. The van der Waals surface area contributed by atoms with Gasteiger partial charge >= 0.3 is 0 Å². The number of hydrogen-bond acceptors (Lipinski definition) is 5. The lowest BCUT2D eigenvalue weighted by Gasteiger charge is -2.34. The molecule has 0 saturated carbocycles. The number of aliphatic hydroxyl groups is 1. The lowest BCUT2D eigenvalue weighted by Crippen LogP contribution is -2.42. The molecule has 0 aliphatic carbocycles. The Labute approximate surface area is 114 Å². The zero-order valence-corrected chi connectivity index (χ0v) is 12.1. The van der Waals surface area contributed by atoms with Crippen molar-refractivity contribution in [3.8, 4) is 0 Å². The van der Waals surface area contributed by atoms with E-state index in [4.69, 9.17) is 4.74 Å². The number of aliphatic hydroxyl groups excluding tert-OH is 1. The molecule has 19 heavy (non-hydrogen) atoms. The van der Waals surface area contributed by atoms with Gasteiger partial charge in [0, 0.05) is 36.6 Å². The smallest absolute Gasteiger partial charge is 0.158 e. The van der Waals surface area contributed by atoms with Crippen molar-refractivity contribution in [1.29, 1.82) is 0 Å². The van der Waals surface area contributed by atoms with Crippen LogP contribution < -0.4 is 0 Å². The number of nitrogens with zero attached hydrogens (tertiary/aromatic N) is 3. The van der Waals surface area contributed by atoms with Crippen LogP contribution in [0.1, 0.15) is 50.1 Å². The van der Waals surface area contributed by atoms with Gasteiger partial charge in [0.05, 0.1) is 12.7 Å². The van der Waals surface area contributed by atoms with Crippen molar-refractivity contribution in [3.63, 3.8) is 0 Å². The van der Waals surface area contributed by atoms with Gasteiger partial charge in [0.2, 0.25) is 0 Å². The first-order valence-corrected chi connectivity index (χ1v) is 6.86. The Hall–Kier alpha value is -1.04. The van der Waals surface area contributed by atoms with E-state index in [1.807, 2.05) is 6.92 Å². The summed E-state index contributed by atoms with van der Waals surface area (Å²) in [6.07, 6.45) is 1.10. The SMILES string of the molecule is Cc1nc(C2CN(C(C)C)CCO2)ncc1[C@@H](C)O. The van der Waals surface area contributed by atoms with E-state index >= 15 is 0 Å². The molecule has 1 aliphatic rings. The minimum atomic E-state index is -0.534. The van der Waals surface area contributed by atoms with Gasteiger partial charge in [0.15, 0.2) is 5.82 Å². The van der Waals surface area contributed by atoms with Crippen molar-refractivity contribution in [1.82, 2.24) is 14.9 Å². The van der Waals surface area contributed by atoms with E-state index in [0.29, 0.717) is 18.5 Å². The summed E-state index contributed by atoms with van der Waals surface area (Å²) in [5, 5.41) is 9.60. The molecule has 0 amide bonds. The maximum absolute atomic E-state index is 9.60. The number of aromatic nitrogens is 2. The predicted molar refractivity (Wildman–Crippen MR) is 72.8 cm³/mol. The Bertz CT molecular complexity index is 435. The molecule has 1 aromatic heterocycles. The molecule has 1 N–H and O–H groups in total. The summed E-state index contributed by atoms with van der Waals surface area (Å²) in [5.74, 6) is 0.715. The summed E-state index contributed by atoms with van der Waals surface area (Å²) in [6, 6.07) is 0.504. The van der Waals surface area contributed by atoms with Crippen LogP contribution in [0.3, 0.4) is 0 Å². The Kier molecular flexibility index (Phi) is 4.50. The molecular formula is C14H23N3O2. The Morgan fingerprint density at radius 3 is 2.74 bits per heavy atom. The van der Waals surface area contributed by atoms with E-state index in [1.165, 1.54) is 0 Å². The number of ether oxygens (including phenoxy) is 1. The predicted octanol–water partition coefficient (Wildman–Crippen LogP) is 1.62. The van der Waals surface area contributed by atoms with Gasteiger partial charge in [0.25, 0.3) is 0 Å². The molecule has 1 unspecified atom stereocenters. The molecule has 0 radical (unpaired) electrons. The fourth-order valence-electron chi connectivity index (χ4n) is 2.35. The van der Waals surface area contributed by atoms with E-state index in [-0.39, 0.29) is 6.10 Å². The van der Waals surface area contributed by atoms with Crippen LogP contribution in [0.25, 0.3) is 0 Å². The Morgan fingerprint density at radius 1 is 1.42 bits per heavy atom. The van der Waals surface area contributed by atoms with Gasteiger partial charge in [-0.2, -0.15) is 0 Å². The lowest BCUT2D eigenvalue weighted by atomic mass is 10.1. The van der Waals surface area contributed by atoms with Crippen molar-refractivity contribution in [2.24, 2.45) is 0 Å². The minimum absolute atomic E-state index is 0.0714. The molecular weight excluding hydrogens is 242 g/mol. The molecule has 2 heterocycles. The second-order valence-electron chi connectivity index (χ2n) is 5.39. The number of aryl methyl sites for hydroxylation is 1. The highest BCUT2D eigenvalue weighted by molar-refractivity contribution is 5.19. The third-order valence-electron chi connectivity index (χ3n) is 3.60. The quantitative estimate of drug-likeness (QED) is 0.900. The summed E-state index contributed by atoms with van der Waals surface area (Å²) in [7, 11) is 0. The van der Waals surface area contributed by atoms with E-state index < -0.39 is 6.10 Å². The van der Waals surface area contributed by atoms with Crippen LogP contribution in [0.4, 0.5) is 0 Å². The molecule has 1 saturated heterocycles. The molecule has 2 rings (SSSR count). The van der Waals surface area contributed by atoms with E-state index in [9.17, 15) is 5.11 Å². The van der Waals surface area contributed by atoms with Crippen LogP contribution in [0.5, 0.6) is 0 Å². The molecule has 106 valence electrons. The van der Waals surface area contributed by atoms with Crippen LogP contribution in [-0.4, -0.2) is 45.7 Å². The number of rotatable bonds is 3. The third-order valence-corrected chi connectivity index (χ3v) is 3.60. The molecule has 0 bridgehead atoms. The summed E-state index contributed by atoms with van der Waals surface area (Å²) in [4.78, 5) is 11.2. The highest BCUT2D eigenvalue weighted by atomic mass is 16.5. The van der Waals surface area contributed by atoms with E-state index in [2.05, 4.69) is 28.7 Å². The van der Waals surface area contributed by atoms with Crippen LogP contribution in [-0.2, 0) is 4.74 Å². The third kappa shape index (κ3) is 3.29. The summed E-state index contributed by atoms with van der Waals surface area (Å²) < 4.78 is 5.77. The zero-order valence-electron chi connectivity index (χ0n) is 12.1. The molecule has 5 heteroatoms. The normalized spacial score (nSPS) is 22.7. The van der Waals surface area contributed by atoms with E-state index in [0.717, 1.165) is 24.3 Å². The summed E-state index contributed by atoms with van der Waals surface area (Å²) >= 11 is 0. The second kappa shape index (κ2) is 5.94. The van der Waals surface area contributed by atoms with Crippen LogP contribution >= 0.6 is 0 Å². The van der Waals surface area contributed by atoms with Gasteiger partial charge in [-0.1, -0.05) is 0 Å². The maximum atomic E-state index is 9.60. The van der Waals surface area contributed by atoms with Gasteiger partial charge in [0.1, 0.15) is 6.10 Å². The highest BCUT2D eigenvalue weighted by Gasteiger charge is 2.26. The van der Waals surface area contributed by atoms with E-state index in [1.54, 1.807) is 13.1 Å². The van der Waals surface area contributed by atoms with Crippen molar-refractivity contribution >= 4 is 0 Å². The Balaban J connectivity index is 2.15. The van der Waals surface area contributed by atoms with Crippen molar-refractivity contribution < 1.29 is 9.84 Å². The van der Waals surface area contributed by atoms with Crippen molar-refractivity contribution in [2.45, 2.75) is 45.9 Å². The minimum Gasteiger partial charge on any atom is -0.389 e. The molecule has 0 spiro atoms. The fraction of sp³-hybridized carbons (Fsp3) is 0.714. The first-order valence-electron chi connectivity index (χ1n) is 6.86. The van der Waals surface area contributed by atoms with Gasteiger partial charge < -0.3 is 9.84 Å². The van der Waals surface area contributed by atoms with Crippen LogP contribution in [0.15, 0.2) is 6.20 Å². The second-order valence-corrected chi connectivity index (χ2v) is 5.39. The summed E-state index contributed by atoms with van der Waals surface area (Å²) in [5.41, 5.74) is 1.60. The average Bonchev–Trinajstić information content (AvgIpc) is 2.38. The molecule has 1 aromatic rings. The molecule has 5 nitrogen and oxygen atoms in total. The van der Waals surface area contributed by atoms with Crippen LogP contribution in [0.2, 0.25) is 0 Å². The first-order chi connectivity index (χ1) is 8.99. The molecule has 0 aromatic carbocycles. The highest BCUT2D eigenvalue weighted by Crippen LogP contribution is 2.22. The first kappa shape index (κ1) is 14.4. The van der Waals surface area contributed by atoms with Gasteiger partial charge in [-0.05, 0) is 27.7 Å². The largest absolute Gasteiger partial charge is 0.389 e. The number of morpholine rings is 1. The fourth-order valence-corrected chi connectivity index (χ4v) is 2.35.